The van der Waals surface area contributed by atoms with Gasteiger partial charge in [0, 0.05) is 23.2 Å². The van der Waals surface area contributed by atoms with Gasteiger partial charge in [-0.3, -0.25) is 14.4 Å². The summed E-state index contributed by atoms with van der Waals surface area (Å²) in [6, 6.07) is 5.25. The average molecular weight is 353 g/mol. The average Bonchev–Trinajstić information content (AvgIpc) is 2.54. The minimum absolute atomic E-state index is 0.268. The van der Waals surface area contributed by atoms with Crippen LogP contribution in [0.4, 0.5) is 0 Å². The molecule has 0 spiro atoms. The van der Waals surface area contributed by atoms with Crippen LogP contribution >= 0.6 is 11.6 Å². The van der Waals surface area contributed by atoms with Crippen LogP contribution in [0.3, 0.4) is 0 Å². The molecule has 2 amide bonds. The van der Waals surface area contributed by atoms with E-state index in [1.54, 1.807) is 43.0 Å². The first kappa shape index (κ1) is 18.3. The van der Waals surface area contributed by atoms with Crippen molar-refractivity contribution < 1.29 is 19.5 Å². The standard InChI is InChI=1S/C17H21ClN2O4/c1-10(19-15(21)12-5-7-13(18)8-6-12)16(22)20-9-3-4-14(11(20)2)17(23)24/h5-8,10-11,14H,3-4,9H2,1-2H3,(H,19,21)(H,23,24)/t10?,11-,14-/m0/s1. The Balaban J connectivity index is 2.02. The first-order chi connectivity index (χ1) is 11.3. The molecule has 0 aromatic heterocycles. The first-order valence-corrected chi connectivity index (χ1v) is 8.28. The van der Waals surface area contributed by atoms with Gasteiger partial charge in [-0.2, -0.15) is 0 Å². The SMILES string of the molecule is CC(NC(=O)c1ccc(Cl)cc1)C(=O)N1CCC[C@H](C(=O)O)[C@@H]1C. The third kappa shape index (κ3) is 4.06. The Morgan fingerprint density at radius 3 is 2.50 bits per heavy atom. The summed E-state index contributed by atoms with van der Waals surface area (Å²) < 4.78 is 0. The Kier molecular flexibility index (Phi) is 5.83. The number of nitrogens with zero attached hydrogens (tertiary/aromatic N) is 1. The molecule has 1 heterocycles. The molecular weight excluding hydrogens is 332 g/mol. The number of amides is 2. The van der Waals surface area contributed by atoms with Gasteiger partial charge >= 0.3 is 5.97 Å². The Labute approximate surface area is 145 Å². The van der Waals surface area contributed by atoms with Crippen LogP contribution in [0.15, 0.2) is 24.3 Å². The number of carbonyl (C=O) groups is 3. The maximum absolute atomic E-state index is 12.6. The number of aliphatic carboxylic acids is 1. The van der Waals surface area contributed by atoms with E-state index in [4.69, 9.17) is 11.6 Å². The molecule has 1 aliphatic heterocycles. The van der Waals surface area contributed by atoms with E-state index < -0.39 is 24.0 Å². The largest absolute Gasteiger partial charge is 0.481 e. The number of halogens is 1. The number of piperidine rings is 1. The number of carboxylic acid groups (broad SMARTS) is 1. The Morgan fingerprint density at radius 2 is 1.92 bits per heavy atom. The van der Waals surface area contributed by atoms with Crippen LogP contribution in [0.2, 0.25) is 5.02 Å². The molecule has 0 aliphatic carbocycles. The van der Waals surface area contributed by atoms with Gasteiger partial charge in [-0.25, -0.2) is 0 Å². The van der Waals surface area contributed by atoms with Gasteiger partial charge in [0.2, 0.25) is 5.91 Å². The lowest BCUT2D eigenvalue weighted by Crippen LogP contribution is -2.55. The Bertz CT molecular complexity index is 632. The molecule has 130 valence electrons. The number of hydrogen-bond acceptors (Lipinski definition) is 3. The molecule has 24 heavy (non-hydrogen) atoms. The molecule has 1 saturated heterocycles. The second-order valence-electron chi connectivity index (χ2n) is 6.06. The molecule has 1 aromatic rings. The first-order valence-electron chi connectivity index (χ1n) is 7.91. The van der Waals surface area contributed by atoms with Gasteiger partial charge in [-0.05, 0) is 51.0 Å². The molecule has 0 bridgehead atoms. The zero-order valence-electron chi connectivity index (χ0n) is 13.7. The van der Waals surface area contributed by atoms with E-state index in [9.17, 15) is 19.5 Å². The monoisotopic (exact) mass is 352 g/mol. The van der Waals surface area contributed by atoms with Gasteiger partial charge in [0.05, 0.1) is 5.92 Å². The summed E-state index contributed by atoms with van der Waals surface area (Å²) in [7, 11) is 0. The summed E-state index contributed by atoms with van der Waals surface area (Å²) in [4.78, 5) is 37.6. The highest BCUT2D eigenvalue weighted by molar-refractivity contribution is 6.30. The van der Waals surface area contributed by atoms with Crippen LogP contribution in [0.1, 0.15) is 37.0 Å². The molecule has 1 aromatic carbocycles. The second kappa shape index (κ2) is 7.66. The second-order valence-corrected chi connectivity index (χ2v) is 6.50. The van der Waals surface area contributed by atoms with E-state index in [0.717, 1.165) is 0 Å². The lowest BCUT2D eigenvalue weighted by molar-refractivity contribution is -0.149. The summed E-state index contributed by atoms with van der Waals surface area (Å²) in [5, 5.41) is 12.4. The van der Waals surface area contributed by atoms with Crippen molar-refractivity contribution in [1.82, 2.24) is 10.2 Å². The van der Waals surface area contributed by atoms with Gasteiger partial charge in [0.1, 0.15) is 6.04 Å². The summed E-state index contributed by atoms with van der Waals surface area (Å²) in [6.45, 7) is 3.85. The number of rotatable bonds is 4. The number of likely N-dealkylation sites (tertiary alicyclic amines) is 1. The van der Waals surface area contributed by atoms with E-state index >= 15 is 0 Å². The normalized spacial score (nSPS) is 21.9. The summed E-state index contributed by atoms with van der Waals surface area (Å²) in [6.07, 6.45) is 1.21. The van der Waals surface area contributed by atoms with Crippen molar-refractivity contribution in [2.24, 2.45) is 5.92 Å². The molecule has 7 heteroatoms. The quantitative estimate of drug-likeness (QED) is 0.869. The highest BCUT2D eigenvalue weighted by atomic mass is 35.5. The zero-order chi connectivity index (χ0) is 17.9. The van der Waals surface area contributed by atoms with E-state index in [0.29, 0.717) is 30.0 Å². The zero-order valence-corrected chi connectivity index (χ0v) is 14.4. The number of carbonyl (C=O) groups excluding carboxylic acids is 2. The lowest BCUT2D eigenvalue weighted by Gasteiger charge is -2.38. The maximum Gasteiger partial charge on any atom is 0.308 e. The van der Waals surface area contributed by atoms with Gasteiger partial charge in [0.15, 0.2) is 0 Å². The van der Waals surface area contributed by atoms with Gasteiger partial charge in [-0.15, -0.1) is 0 Å². The van der Waals surface area contributed by atoms with Crippen molar-refractivity contribution in [3.63, 3.8) is 0 Å². The smallest absolute Gasteiger partial charge is 0.308 e. The van der Waals surface area contributed by atoms with E-state index in [-0.39, 0.29) is 11.8 Å². The Morgan fingerprint density at radius 1 is 1.29 bits per heavy atom. The van der Waals surface area contributed by atoms with Crippen LogP contribution in [-0.4, -0.2) is 46.4 Å². The van der Waals surface area contributed by atoms with Crippen molar-refractivity contribution in [2.75, 3.05) is 6.54 Å². The fourth-order valence-electron chi connectivity index (χ4n) is 2.98. The van der Waals surface area contributed by atoms with Crippen molar-refractivity contribution >= 4 is 29.4 Å². The molecule has 6 nitrogen and oxygen atoms in total. The van der Waals surface area contributed by atoms with Gasteiger partial charge in [-0.1, -0.05) is 11.6 Å². The van der Waals surface area contributed by atoms with E-state index in [2.05, 4.69) is 5.32 Å². The predicted octanol–water partition coefficient (Wildman–Crippen LogP) is 2.17. The molecule has 0 saturated carbocycles. The molecule has 2 rings (SSSR count). The van der Waals surface area contributed by atoms with E-state index in [1.165, 1.54) is 0 Å². The molecule has 2 N–H and O–H groups in total. The molecule has 1 unspecified atom stereocenters. The fourth-order valence-corrected chi connectivity index (χ4v) is 3.10. The minimum Gasteiger partial charge on any atom is -0.481 e. The Hall–Kier alpha value is -2.08. The van der Waals surface area contributed by atoms with Crippen LogP contribution in [0.5, 0.6) is 0 Å². The summed E-state index contributed by atoms with van der Waals surface area (Å²) in [5.41, 5.74) is 0.411. The van der Waals surface area contributed by atoms with Gasteiger partial charge < -0.3 is 15.3 Å². The lowest BCUT2D eigenvalue weighted by atomic mass is 9.90. The van der Waals surface area contributed by atoms with Crippen molar-refractivity contribution in [1.29, 1.82) is 0 Å². The molecular formula is C17H21ClN2O4. The minimum atomic E-state index is -0.891. The number of carboxylic acids is 1. The predicted molar refractivity (Wildman–Crippen MR) is 89.9 cm³/mol. The number of benzene rings is 1. The van der Waals surface area contributed by atoms with Crippen LogP contribution in [0.25, 0.3) is 0 Å². The fraction of sp³-hybridized carbons (Fsp3) is 0.471. The van der Waals surface area contributed by atoms with Crippen molar-refractivity contribution in [2.45, 2.75) is 38.8 Å². The number of nitrogens with one attached hydrogen (secondary N) is 1. The molecule has 1 aliphatic rings. The van der Waals surface area contributed by atoms with Gasteiger partial charge in [0.25, 0.3) is 5.91 Å². The topological polar surface area (TPSA) is 86.7 Å². The van der Waals surface area contributed by atoms with Crippen LogP contribution in [0, 0.1) is 5.92 Å². The maximum atomic E-state index is 12.6. The molecule has 3 atom stereocenters. The highest BCUT2D eigenvalue weighted by Gasteiger charge is 2.36. The van der Waals surface area contributed by atoms with Crippen LogP contribution in [-0.2, 0) is 9.59 Å². The van der Waals surface area contributed by atoms with Crippen molar-refractivity contribution in [3.05, 3.63) is 34.9 Å². The van der Waals surface area contributed by atoms with Crippen LogP contribution < -0.4 is 5.32 Å². The van der Waals surface area contributed by atoms with Crippen molar-refractivity contribution in [3.8, 4) is 0 Å². The summed E-state index contributed by atoms with van der Waals surface area (Å²) >= 11 is 5.79. The third-order valence-electron chi connectivity index (χ3n) is 4.41. The number of hydrogen-bond donors (Lipinski definition) is 2. The highest BCUT2D eigenvalue weighted by Crippen LogP contribution is 2.24. The molecule has 0 radical (unpaired) electrons. The van der Waals surface area contributed by atoms with E-state index in [1.807, 2.05) is 0 Å². The summed E-state index contributed by atoms with van der Waals surface area (Å²) in [5.74, 6) is -2.09. The molecule has 1 fully saturated rings. The third-order valence-corrected chi connectivity index (χ3v) is 4.66.